The van der Waals surface area contributed by atoms with E-state index < -0.39 is 6.17 Å². The first-order valence-corrected chi connectivity index (χ1v) is 4.36. The van der Waals surface area contributed by atoms with Gasteiger partial charge in [-0.3, -0.25) is 4.90 Å². The van der Waals surface area contributed by atoms with Crippen LogP contribution in [0.4, 0.5) is 4.39 Å². The number of nitrogens with two attached hydrogens (primary N) is 1. The fourth-order valence-corrected chi connectivity index (χ4v) is 1.73. The summed E-state index contributed by atoms with van der Waals surface area (Å²) < 4.78 is 12.8. The fourth-order valence-electron chi connectivity index (χ4n) is 1.73. The smallest absolute Gasteiger partial charge is 0.114 e. The van der Waals surface area contributed by atoms with Crippen LogP contribution in [-0.4, -0.2) is 36.7 Å². The van der Waals surface area contributed by atoms with E-state index in [4.69, 9.17) is 5.73 Å². The summed E-state index contributed by atoms with van der Waals surface area (Å²) in [6.07, 6.45) is 1.08. The molecular formula is C8H17FN2. The van der Waals surface area contributed by atoms with Crippen LogP contribution in [0.2, 0.25) is 0 Å². The van der Waals surface area contributed by atoms with Crippen molar-refractivity contribution in [1.29, 1.82) is 0 Å². The molecule has 0 aromatic heterocycles. The van der Waals surface area contributed by atoms with Gasteiger partial charge in [0.25, 0.3) is 0 Å². The van der Waals surface area contributed by atoms with Crippen molar-refractivity contribution in [3.63, 3.8) is 0 Å². The summed E-state index contributed by atoms with van der Waals surface area (Å²) in [5, 5.41) is 0. The van der Waals surface area contributed by atoms with Gasteiger partial charge in [-0.1, -0.05) is 6.92 Å². The summed E-state index contributed by atoms with van der Waals surface area (Å²) in [6, 6.07) is 0.296. The Kier molecular flexibility index (Phi) is 3.27. The quantitative estimate of drug-likeness (QED) is 0.660. The van der Waals surface area contributed by atoms with E-state index in [1.165, 1.54) is 0 Å². The summed E-state index contributed by atoms with van der Waals surface area (Å²) in [4.78, 5) is 2.16. The molecule has 1 aliphatic rings. The molecule has 1 aliphatic heterocycles. The van der Waals surface area contributed by atoms with E-state index in [-0.39, 0.29) is 0 Å². The average Bonchev–Trinajstić information content (AvgIpc) is 2.32. The largest absolute Gasteiger partial charge is 0.329 e. The monoisotopic (exact) mass is 160 g/mol. The first-order chi connectivity index (χ1) is 5.27. The number of hydrogen-bond donors (Lipinski definition) is 1. The molecule has 1 rings (SSSR count). The highest BCUT2D eigenvalue weighted by Gasteiger charge is 2.29. The van der Waals surface area contributed by atoms with Gasteiger partial charge in [0.15, 0.2) is 0 Å². The van der Waals surface area contributed by atoms with Crippen molar-refractivity contribution >= 4 is 0 Å². The molecule has 0 bridgehead atoms. The van der Waals surface area contributed by atoms with Gasteiger partial charge < -0.3 is 5.73 Å². The Morgan fingerprint density at radius 3 is 2.91 bits per heavy atom. The van der Waals surface area contributed by atoms with E-state index >= 15 is 0 Å². The molecule has 1 heterocycles. The Bertz CT molecular complexity index is 119. The van der Waals surface area contributed by atoms with Gasteiger partial charge in [-0.2, -0.15) is 0 Å². The lowest BCUT2D eigenvalue weighted by Crippen LogP contribution is -2.35. The number of nitrogens with zero attached hydrogens (tertiary/aromatic N) is 1. The molecule has 66 valence electrons. The van der Waals surface area contributed by atoms with Crippen molar-refractivity contribution in [3.05, 3.63) is 0 Å². The molecule has 0 unspecified atom stereocenters. The van der Waals surface area contributed by atoms with Crippen LogP contribution >= 0.6 is 0 Å². The SMILES string of the molecule is CCCN1C[C@H](F)C[C@H]1CN. The van der Waals surface area contributed by atoms with Crippen molar-refractivity contribution in [1.82, 2.24) is 4.90 Å². The van der Waals surface area contributed by atoms with Crippen molar-refractivity contribution in [2.24, 2.45) is 5.73 Å². The Morgan fingerprint density at radius 2 is 2.36 bits per heavy atom. The van der Waals surface area contributed by atoms with Gasteiger partial charge in [0.1, 0.15) is 6.17 Å². The van der Waals surface area contributed by atoms with Gasteiger partial charge in [0, 0.05) is 19.1 Å². The molecule has 2 N–H and O–H groups in total. The highest BCUT2D eigenvalue weighted by molar-refractivity contribution is 4.85. The molecule has 3 heteroatoms. The second-order valence-corrected chi connectivity index (χ2v) is 3.22. The number of rotatable bonds is 3. The number of alkyl halides is 1. The Balaban J connectivity index is 2.37. The van der Waals surface area contributed by atoms with Crippen molar-refractivity contribution in [3.8, 4) is 0 Å². The first kappa shape index (κ1) is 8.94. The molecule has 0 aromatic rings. The second kappa shape index (κ2) is 4.02. The maximum atomic E-state index is 12.8. The molecule has 1 fully saturated rings. The molecule has 0 amide bonds. The van der Waals surface area contributed by atoms with Gasteiger partial charge >= 0.3 is 0 Å². The predicted molar refractivity (Wildman–Crippen MR) is 44.2 cm³/mol. The fraction of sp³-hybridized carbons (Fsp3) is 1.00. The standard InChI is InChI=1S/C8H17FN2/c1-2-3-11-6-7(9)4-8(11)5-10/h7-8H,2-6,10H2,1H3/t7-,8+/m1/s1. The summed E-state index contributed by atoms with van der Waals surface area (Å²) in [5.74, 6) is 0. The maximum Gasteiger partial charge on any atom is 0.114 e. The van der Waals surface area contributed by atoms with Gasteiger partial charge in [-0.05, 0) is 19.4 Å². The van der Waals surface area contributed by atoms with Crippen molar-refractivity contribution in [2.75, 3.05) is 19.6 Å². The van der Waals surface area contributed by atoms with Crippen LogP contribution in [-0.2, 0) is 0 Å². The summed E-state index contributed by atoms with van der Waals surface area (Å²) >= 11 is 0. The number of hydrogen-bond acceptors (Lipinski definition) is 2. The highest BCUT2D eigenvalue weighted by atomic mass is 19.1. The van der Waals surface area contributed by atoms with E-state index in [2.05, 4.69) is 11.8 Å². The summed E-state index contributed by atoms with van der Waals surface area (Å²) in [5.41, 5.74) is 5.51. The van der Waals surface area contributed by atoms with Crippen LogP contribution in [0.15, 0.2) is 0 Å². The van der Waals surface area contributed by atoms with Crippen molar-refractivity contribution < 1.29 is 4.39 Å². The zero-order valence-electron chi connectivity index (χ0n) is 7.09. The third kappa shape index (κ3) is 2.14. The molecule has 0 aliphatic carbocycles. The number of likely N-dealkylation sites (tertiary alicyclic amines) is 1. The molecule has 2 nitrogen and oxygen atoms in total. The first-order valence-electron chi connectivity index (χ1n) is 4.36. The molecule has 2 atom stereocenters. The van der Waals surface area contributed by atoms with Gasteiger partial charge in [0.2, 0.25) is 0 Å². The maximum absolute atomic E-state index is 12.8. The third-order valence-corrected chi connectivity index (χ3v) is 2.26. The van der Waals surface area contributed by atoms with Gasteiger partial charge in [-0.25, -0.2) is 4.39 Å². The van der Waals surface area contributed by atoms with Crippen molar-refractivity contribution in [2.45, 2.75) is 32.0 Å². The average molecular weight is 160 g/mol. The molecule has 0 aromatic carbocycles. The van der Waals surface area contributed by atoms with E-state index in [1.54, 1.807) is 0 Å². The van der Waals surface area contributed by atoms with E-state index in [0.717, 1.165) is 13.0 Å². The van der Waals surface area contributed by atoms with Gasteiger partial charge in [-0.15, -0.1) is 0 Å². The molecule has 0 saturated carbocycles. The minimum Gasteiger partial charge on any atom is -0.329 e. The lowest BCUT2D eigenvalue weighted by molar-refractivity contribution is 0.247. The van der Waals surface area contributed by atoms with Crippen LogP contribution in [0.3, 0.4) is 0 Å². The van der Waals surface area contributed by atoms with Crippen LogP contribution in [0, 0.1) is 0 Å². The molecule has 11 heavy (non-hydrogen) atoms. The lowest BCUT2D eigenvalue weighted by atomic mass is 10.2. The third-order valence-electron chi connectivity index (χ3n) is 2.26. The molecular weight excluding hydrogens is 143 g/mol. The summed E-state index contributed by atoms with van der Waals surface area (Å²) in [6.45, 7) is 4.29. The highest BCUT2D eigenvalue weighted by Crippen LogP contribution is 2.19. The Morgan fingerprint density at radius 1 is 1.64 bits per heavy atom. The van der Waals surface area contributed by atoms with Crippen LogP contribution in [0.5, 0.6) is 0 Å². The van der Waals surface area contributed by atoms with E-state index in [9.17, 15) is 4.39 Å². The number of halogens is 1. The zero-order chi connectivity index (χ0) is 8.27. The lowest BCUT2D eigenvalue weighted by Gasteiger charge is -2.21. The van der Waals surface area contributed by atoms with Crippen LogP contribution in [0.1, 0.15) is 19.8 Å². The Labute approximate surface area is 67.6 Å². The van der Waals surface area contributed by atoms with Crippen LogP contribution < -0.4 is 5.73 Å². The molecule has 0 radical (unpaired) electrons. The van der Waals surface area contributed by atoms with Gasteiger partial charge in [0.05, 0.1) is 0 Å². The minimum atomic E-state index is -0.643. The molecule has 0 spiro atoms. The Hall–Kier alpha value is -0.150. The minimum absolute atomic E-state index is 0.296. The van der Waals surface area contributed by atoms with E-state index in [1.807, 2.05) is 0 Å². The van der Waals surface area contributed by atoms with Crippen LogP contribution in [0.25, 0.3) is 0 Å². The molecule has 1 saturated heterocycles. The summed E-state index contributed by atoms with van der Waals surface area (Å²) in [7, 11) is 0. The topological polar surface area (TPSA) is 29.3 Å². The second-order valence-electron chi connectivity index (χ2n) is 3.22. The predicted octanol–water partition coefficient (Wildman–Crippen LogP) is 0.768. The zero-order valence-corrected chi connectivity index (χ0v) is 7.09. The van der Waals surface area contributed by atoms with E-state index in [0.29, 0.717) is 25.6 Å². The normalized spacial score (nSPS) is 33.0.